The van der Waals surface area contributed by atoms with Gasteiger partial charge in [0.1, 0.15) is 6.04 Å². The zero-order chi connectivity index (χ0) is 27.7. The fraction of sp³-hybridized carbons (Fsp3) is 0.345. The van der Waals surface area contributed by atoms with Crippen LogP contribution in [0.3, 0.4) is 0 Å². The van der Waals surface area contributed by atoms with E-state index >= 15 is 0 Å². The third-order valence-corrected chi connectivity index (χ3v) is 9.08. The highest BCUT2D eigenvalue weighted by Crippen LogP contribution is 2.53. The summed E-state index contributed by atoms with van der Waals surface area (Å²) in [6.07, 6.45) is 4.18. The summed E-state index contributed by atoms with van der Waals surface area (Å²) in [5.74, 6) is -3.23. The summed E-state index contributed by atoms with van der Waals surface area (Å²) in [6, 6.07) is 14.1. The van der Waals surface area contributed by atoms with E-state index in [4.69, 9.17) is 17.3 Å². The second-order valence-corrected chi connectivity index (χ2v) is 11.6. The molecule has 8 nitrogen and oxygen atoms in total. The number of carbonyl (C=O) groups excluding carboxylic acids is 3. The molecule has 1 saturated carbocycles. The molecule has 1 saturated heterocycles. The van der Waals surface area contributed by atoms with E-state index in [1.165, 1.54) is 34.4 Å². The molecule has 0 bridgehead atoms. The van der Waals surface area contributed by atoms with E-state index in [0.717, 1.165) is 24.1 Å². The molecular formula is C29H28ClN3O5S. The first-order chi connectivity index (χ1) is 18.8. The summed E-state index contributed by atoms with van der Waals surface area (Å²) in [5, 5.41) is 13.9. The Morgan fingerprint density at radius 3 is 2.38 bits per heavy atom. The first-order valence-corrected chi connectivity index (χ1v) is 14.2. The van der Waals surface area contributed by atoms with Crippen LogP contribution >= 0.6 is 22.9 Å². The van der Waals surface area contributed by atoms with Gasteiger partial charge >= 0.3 is 0 Å². The number of primary amides is 1. The lowest BCUT2D eigenvalue weighted by Crippen LogP contribution is -2.49. The molecule has 2 aliphatic rings. The maximum atomic E-state index is 14.3. The molecular weight excluding hydrogens is 538 g/mol. The summed E-state index contributed by atoms with van der Waals surface area (Å²) in [4.78, 5) is 55.2. The molecule has 1 aliphatic heterocycles. The number of carbonyl (C=O) groups is 3. The summed E-state index contributed by atoms with van der Waals surface area (Å²) in [7, 11) is 0. The molecule has 2 fully saturated rings. The van der Waals surface area contributed by atoms with E-state index in [1.54, 1.807) is 30.3 Å². The van der Waals surface area contributed by atoms with Crippen LogP contribution in [0.5, 0.6) is 0 Å². The Kier molecular flexibility index (Phi) is 7.81. The molecule has 2 heterocycles. The van der Waals surface area contributed by atoms with Crippen LogP contribution < -0.4 is 5.73 Å². The van der Waals surface area contributed by atoms with E-state index < -0.39 is 34.7 Å². The van der Waals surface area contributed by atoms with Crippen molar-refractivity contribution in [1.82, 2.24) is 4.90 Å². The lowest BCUT2D eigenvalue weighted by molar-refractivity contribution is -0.385. The van der Waals surface area contributed by atoms with Crippen molar-refractivity contribution in [3.8, 4) is 0 Å². The van der Waals surface area contributed by atoms with Gasteiger partial charge in [-0.05, 0) is 42.0 Å². The zero-order valence-electron chi connectivity index (χ0n) is 21.1. The highest BCUT2D eigenvalue weighted by Gasteiger charge is 2.58. The molecule has 202 valence electrons. The number of nitro benzene ring substituents is 1. The van der Waals surface area contributed by atoms with Gasteiger partial charge in [0, 0.05) is 39.4 Å². The fourth-order valence-electron chi connectivity index (χ4n) is 6.20. The second kappa shape index (κ2) is 11.3. The molecule has 2 amide bonds. The Hall–Kier alpha value is -3.56. The number of halogens is 1. The Labute approximate surface area is 234 Å². The fourth-order valence-corrected chi connectivity index (χ4v) is 7.30. The molecule has 0 spiro atoms. The van der Waals surface area contributed by atoms with E-state index in [-0.39, 0.29) is 23.3 Å². The summed E-state index contributed by atoms with van der Waals surface area (Å²) in [5.41, 5.74) is 6.61. The third kappa shape index (κ3) is 5.21. The van der Waals surface area contributed by atoms with Crippen molar-refractivity contribution in [3.05, 3.63) is 97.2 Å². The van der Waals surface area contributed by atoms with Crippen LogP contribution in [0.25, 0.3) is 0 Å². The molecule has 10 heteroatoms. The van der Waals surface area contributed by atoms with Gasteiger partial charge in [-0.3, -0.25) is 24.5 Å². The number of ketones is 1. The Morgan fingerprint density at radius 2 is 1.74 bits per heavy atom. The predicted octanol–water partition coefficient (Wildman–Crippen LogP) is 5.91. The number of Topliss-reactive ketones (excluding diaryl/α,β-unsaturated/α-hetero) is 1. The van der Waals surface area contributed by atoms with Gasteiger partial charge in [-0.1, -0.05) is 61.2 Å². The van der Waals surface area contributed by atoms with Crippen molar-refractivity contribution in [2.45, 2.75) is 50.1 Å². The van der Waals surface area contributed by atoms with Gasteiger partial charge in [0.2, 0.25) is 11.8 Å². The van der Waals surface area contributed by atoms with E-state index in [2.05, 4.69) is 0 Å². The lowest BCUT2D eigenvalue weighted by Gasteiger charge is -2.34. The number of benzene rings is 2. The SMILES string of the molecule is NC(=O)C1C(c2cccs2)C(C(=O)c2cccc(Cl)c2)C(c2cccc([N+](=O)[O-])c2)N1C(=O)C1CCCCC1. The van der Waals surface area contributed by atoms with E-state index in [1.807, 2.05) is 17.5 Å². The first kappa shape index (κ1) is 27.0. The number of nitro groups is 1. The average Bonchev–Trinajstić information content (AvgIpc) is 3.59. The number of nitrogens with zero attached hydrogens (tertiary/aromatic N) is 2. The molecule has 5 rings (SSSR count). The van der Waals surface area contributed by atoms with Crippen molar-refractivity contribution < 1.29 is 19.3 Å². The van der Waals surface area contributed by atoms with Crippen molar-refractivity contribution in [1.29, 1.82) is 0 Å². The van der Waals surface area contributed by atoms with Crippen molar-refractivity contribution in [2.75, 3.05) is 0 Å². The van der Waals surface area contributed by atoms with Gasteiger partial charge in [-0.25, -0.2) is 0 Å². The summed E-state index contributed by atoms with van der Waals surface area (Å²) in [6.45, 7) is 0. The maximum Gasteiger partial charge on any atom is 0.269 e. The van der Waals surface area contributed by atoms with E-state index in [0.29, 0.717) is 29.0 Å². The monoisotopic (exact) mass is 565 g/mol. The van der Waals surface area contributed by atoms with E-state index in [9.17, 15) is 24.5 Å². The van der Waals surface area contributed by atoms with Gasteiger partial charge in [0.25, 0.3) is 5.69 Å². The highest BCUT2D eigenvalue weighted by molar-refractivity contribution is 7.10. The van der Waals surface area contributed by atoms with Crippen LogP contribution in [0.4, 0.5) is 5.69 Å². The van der Waals surface area contributed by atoms with Gasteiger partial charge < -0.3 is 10.6 Å². The number of nitrogens with two attached hydrogens (primary N) is 1. The standard InChI is InChI=1S/C29H28ClN3O5S/c30-20-11-4-10-19(15-20)27(34)24-23(22-13-6-14-39-22)26(28(31)35)32(29(36)17-7-2-1-3-8-17)25(24)18-9-5-12-21(16-18)33(37)38/h4-6,9-17,23-26H,1-3,7-8H2,(H2,31,35). The van der Waals surface area contributed by atoms with Gasteiger partial charge in [0.15, 0.2) is 5.78 Å². The van der Waals surface area contributed by atoms with Gasteiger partial charge in [-0.15, -0.1) is 11.3 Å². The highest BCUT2D eigenvalue weighted by atomic mass is 35.5. The quantitative estimate of drug-likeness (QED) is 0.217. The van der Waals surface area contributed by atoms with Crippen LogP contribution in [0.2, 0.25) is 5.02 Å². The Balaban J connectivity index is 1.74. The number of hydrogen-bond acceptors (Lipinski definition) is 6. The van der Waals surface area contributed by atoms with Crippen LogP contribution in [-0.4, -0.2) is 33.5 Å². The molecule has 1 aliphatic carbocycles. The van der Waals surface area contributed by atoms with Crippen LogP contribution in [0.1, 0.15) is 64.9 Å². The molecule has 2 aromatic carbocycles. The van der Waals surface area contributed by atoms with Crippen molar-refractivity contribution in [3.63, 3.8) is 0 Å². The summed E-state index contributed by atoms with van der Waals surface area (Å²) < 4.78 is 0. The average molecular weight is 566 g/mol. The third-order valence-electron chi connectivity index (χ3n) is 7.87. The number of non-ortho nitro benzene ring substituents is 1. The summed E-state index contributed by atoms with van der Waals surface area (Å²) >= 11 is 7.62. The normalized spacial score (nSPS) is 23.5. The molecule has 0 radical (unpaired) electrons. The number of hydrogen-bond donors (Lipinski definition) is 1. The Bertz CT molecular complexity index is 1410. The molecule has 4 atom stereocenters. The minimum absolute atomic E-state index is 0.165. The van der Waals surface area contributed by atoms with Crippen molar-refractivity contribution >= 4 is 46.2 Å². The number of rotatable bonds is 7. The van der Waals surface area contributed by atoms with Gasteiger partial charge in [0.05, 0.1) is 16.9 Å². The van der Waals surface area contributed by atoms with Crippen LogP contribution in [0.15, 0.2) is 66.0 Å². The predicted molar refractivity (Wildman–Crippen MR) is 149 cm³/mol. The molecule has 4 unspecified atom stereocenters. The molecule has 39 heavy (non-hydrogen) atoms. The Morgan fingerprint density at radius 1 is 1.00 bits per heavy atom. The number of amides is 2. The minimum Gasteiger partial charge on any atom is -0.368 e. The minimum atomic E-state index is -1.10. The molecule has 1 aromatic heterocycles. The zero-order valence-corrected chi connectivity index (χ0v) is 22.6. The number of likely N-dealkylation sites (tertiary alicyclic amines) is 1. The van der Waals surface area contributed by atoms with Gasteiger partial charge in [-0.2, -0.15) is 0 Å². The maximum absolute atomic E-state index is 14.3. The largest absolute Gasteiger partial charge is 0.368 e. The topological polar surface area (TPSA) is 124 Å². The smallest absolute Gasteiger partial charge is 0.269 e. The molecule has 3 aromatic rings. The molecule has 2 N–H and O–H groups in total. The van der Waals surface area contributed by atoms with Crippen molar-refractivity contribution in [2.24, 2.45) is 17.6 Å². The lowest BCUT2D eigenvalue weighted by atomic mass is 9.78. The van der Waals surface area contributed by atoms with Crippen LogP contribution in [-0.2, 0) is 9.59 Å². The first-order valence-electron chi connectivity index (χ1n) is 13.0. The second-order valence-electron chi connectivity index (χ2n) is 10.2. The van der Waals surface area contributed by atoms with Crippen LogP contribution in [0, 0.1) is 22.0 Å². The number of thiophene rings is 1.